The summed E-state index contributed by atoms with van der Waals surface area (Å²) in [7, 11) is 0. The molecule has 2 N–H and O–H groups in total. The Hall–Kier alpha value is -3.13. The molecular formula is C17H12FN3O. The fourth-order valence-electron chi connectivity index (χ4n) is 2.38. The number of amides is 1. The summed E-state index contributed by atoms with van der Waals surface area (Å²) in [6.07, 6.45) is 0. The number of H-pyrrole nitrogens is 1. The van der Waals surface area contributed by atoms with Crippen LogP contribution in [0.3, 0.4) is 0 Å². The van der Waals surface area contributed by atoms with Gasteiger partial charge in [0.2, 0.25) is 0 Å². The lowest BCUT2D eigenvalue weighted by Crippen LogP contribution is -2.12. The number of fused-ring (bicyclic) bond motifs is 1. The Labute approximate surface area is 126 Å². The number of nitrogens with one attached hydrogen (secondary N) is 2. The van der Waals surface area contributed by atoms with Crippen molar-refractivity contribution in [1.82, 2.24) is 4.98 Å². The third kappa shape index (κ3) is 2.42. The highest BCUT2D eigenvalue weighted by atomic mass is 19.1. The first-order valence-corrected chi connectivity index (χ1v) is 6.68. The highest BCUT2D eigenvalue weighted by molar-refractivity contribution is 6.12. The Morgan fingerprint density at radius 3 is 2.86 bits per heavy atom. The predicted molar refractivity (Wildman–Crippen MR) is 82.1 cm³/mol. The standard InChI is InChI=1S/C17H12FN3O/c1-10-7-14-13(3-2-4-16(14)20-10)17(22)21-12-5-6-15(18)11(8-12)9-19/h2-8,20H,1H3,(H,21,22). The molecule has 2 aromatic carbocycles. The summed E-state index contributed by atoms with van der Waals surface area (Å²) in [6, 6.07) is 13.0. The number of nitrogens with zero attached hydrogens (tertiary/aromatic N) is 1. The molecule has 0 spiro atoms. The Bertz CT molecular complexity index is 921. The third-order valence-corrected chi connectivity index (χ3v) is 3.39. The first kappa shape index (κ1) is 13.8. The summed E-state index contributed by atoms with van der Waals surface area (Å²) in [5, 5.41) is 12.3. The molecule has 1 amide bonds. The maximum atomic E-state index is 13.3. The van der Waals surface area contributed by atoms with Crippen molar-refractivity contribution in [3.8, 4) is 6.07 Å². The highest BCUT2D eigenvalue weighted by Gasteiger charge is 2.12. The van der Waals surface area contributed by atoms with Crippen molar-refractivity contribution in [2.24, 2.45) is 0 Å². The average molecular weight is 293 g/mol. The van der Waals surface area contributed by atoms with Gasteiger partial charge in [-0.1, -0.05) is 6.07 Å². The number of aryl methyl sites for hydroxylation is 1. The van der Waals surface area contributed by atoms with E-state index in [9.17, 15) is 9.18 Å². The van der Waals surface area contributed by atoms with Crippen LogP contribution in [0.1, 0.15) is 21.6 Å². The van der Waals surface area contributed by atoms with E-state index >= 15 is 0 Å². The molecule has 0 saturated carbocycles. The third-order valence-electron chi connectivity index (χ3n) is 3.39. The summed E-state index contributed by atoms with van der Waals surface area (Å²) < 4.78 is 13.3. The molecule has 0 aliphatic carbocycles. The monoisotopic (exact) mass is 293 g/mol. The lowest BCUT2D eigenvalue weighted by molar-refractivity contribution is 0.102. The molecule has 0 saturated heterocycles. The zero-order valence-electron chi connectivity index (χ0n) is 11.8. The minimum atomic E-state index is -0.608. The van der Waals surface area contributed by atoms with Gasteiger partial charge in [-0.15, -0.1) is 0 Å². The van der Waals surface area contributed by atoms with Gasteiger partial charge in [-0.2, -0.15) is 5.26 Å². The van der Waals surface area contributed by atoms with E-state index < -0.39 is 5.82 Å². The van der Waals surface area contributed by atoms with Crippen LogP contribution in [0.5, 0.6) is 0 Å². The maximum Gasteiger partial charge on any atom is 0.256 e. The zero-order valence-corrected chi connectivity index (χ0v) is 11.8. The van der Waals surface area contributed by atoms with E-state index in [1.807, 2.05) is 19.1 Å². The van der Waals surface area contributed by atoms with Gasteiger partial charge in [0.05, 0.1) is 5.56 Å². The van der Waals surface area contributed by atoms with Gasteiger partial charge in [-0.3, -0.25) is 4.79 Å². The molecule has 4 nitrogen and oxygen atoms in total. The number of aromatic nitrogens is 1. The molecule has 0 fully saturated rings. The minimum Gasteiger partial charge on any atom is -0.359 e. The molecule has 3 aromatic rings. The number of aromatic amines is 1. The van der Waals surface area contributed by atoms with Crippen LogP contribution in [-0.4, -0.2) is 10.9 Å². The number of carbonyl (C=O) groups is 1. The molecule has 1 heterocycles. The van der Waals surface area contributed by atoms with E-state index in [2.05, 4.69) is 10.3 Å². The molecule has 22 heavy (non-hydrogen) atoms. The van der Waals surface area contributed by atoms with Gasteiger partial charge >= 0.3 is 0 Å². The first-order valence-electron chi connectivity index (χ1n) is 6.68. The van der Waals surface area contributed by atoms with Crippen molar-refractivity contribution in [2.75, 3.05) is 5.32 Å². The van der Waals surface area contributed by atoms with Gasteiger partial charge < -0.3 is 10.3 Å². The van der Waals surface area contributed by atoms with Crippen molar-refractivity contribution >= 4 is 22.5 Å². The van der Waals surface area contributed by atoms with Crippen LogP contribution in [0, 0.1) is 24.1 Å². The van der Waals surface area contributed by atoms with Crippen LogP contribution in [0.15, 0.2) is 42.5 Å². The number of nitriles is 1. The summed E-state index contributed by atoms with van der Waals surface area (Å²) in [5.74, 6) is -0.913. The zero-order chi connectivity index (χ0) is 15.7. The maximum absolute atomic E-state index is 13.3. The van der Waals surface area contributed by atoms with Gasteiger partial charge in [-0.05, 0) is 43.3 Å². The molecular weight excluding hydrogens is 281 g/mol. The summed E-state index contributed by atoms with van der Waals surface area (Å²) in [4.78, 5) is 15.6. The lowest BCUT2D eigenvalue weighted by Gasteiger charge is -2.07. The Morgan fingerprint density at radius 1 is 1.27 bits per heavy atom. The number of hydrogen-bond donors (Lipinski definition) is 2. The van der Waals surface area contributed by atoms with Crippen molar-refractivity contribution in [1.29, 1.82) is 5.26 Å². The van der Waals surface area contributed by atoms with Crippen molar-refractivity contribution in [2.45, 2.75) is 6.92 Å². The van der Waals surface area contributed by atoms with Crippen molar-refractivity contribution in [3.63, 3.8) is 0 Å². The lowest BCUT2D eigenvalue weighted by atomic mass is 10.1. The largest absolute Gasteiger partial charge is 0.359 e. The number of anilines is 1. The second-order valence-corrected chi connectivity index (χ2v) is 4.98. The van der Waals surface area contributed by atoms with E-state index in [0.717, 1.165) is 22.7 Å². The topological polar surface area (TPSA) is 68.7 Å². The number of benzene rings is 2. The van der Waals surface area contributed by atoms with Gasteiger partial charge in [0.1, 0.15) is 11.9 Å². The number of halogens is 1. The molecule has 0 aliphatic rings. The Morgan fingerprint density at radius 2 is 2.09 bits per heavy atom. The van der Waals surface area contributed by atoms with Gasteiger partial charge in [0, 0.05) is 27.8 Å². The number of hydrogen-bond acceptors (Lipinski definition) is 2. The summed E-state index contributed by atoms with van der Waals surface area (Å²) in [6.45, 7) is 1.92. The van der Waals surface area contributed by atoms with Crippen LogP contribution in [0.4, 0.5) is 10.1 Å². The van der Waals surface area contributed by atoms with Crippen LogP contribution in [0.2, 0.25) is 0 Å². The minimum absolute atomic E-state index is 0.103. The van der Waals surface area contributed by atoms with E-state index in [1.165, 1.54) is 12.1 Å². The van der Waals surface area contributed by atoms with E-state index in [0.29, 0.717) is 11.3 Å². The second kappa shape index (κ2) is 5.34. The molecule has 3 rings (SSSR count). The normalized spacial score (nSPS) is 10.4. The Balaban J connectivity index is 1.95. The highest BCUT2D eigenvalue weighted by Crippen LogP contribution is 2.21. The number of carbonyl (C=O) groups excluding carboxylic acids is 1. The smallest absolute Gasteiger partial charge is 0.256 e. The van der Waals surface area contributed by atoms with Gasteiger partial charge in [-0.25, -0.2) is 4.39 Å². The molecule has 0 bridgehead atoms. The van der Waals surface area contributed by atoms with Crippen LogP contribution >= 0.6 is 0 Å². The van der Waals surface area contributed by atoms with E-state index in [4.69, 9.17) is 5.26 Å². The fraction of sp³-hybridized carbons (Fsp3) is 0.0588. The molecule has 0 unspecified atom stereocenters. The summed E-state index contributed by atoms with van der Waals surface area (Å²) >= 11 is 0. The molecule has 1 aromatic heterocycles. The second-order valence-electron chi connectivity index (χ2n) is 4.98. The van der Waals surface area contributed by atoms with Crippen LogP contribution in [0.25, 0.3) is 10.9 Å². The average Bonchev–Trinajstić information content (AvgIpc) is 2.89. The SMILES string of the molecule is Cc1cc2c(C(=O)Nc3ccc(F)c(C#N)c3)cccc2[nH]1. The predicted octanol–water partition coefficient (Wildman–Crippen LogP) is 3.74. The summed E-state index contributed by atoms with van der Waals surface area (Å²) in [5.41, 5.74) is 2.64. The van der Waals surface area contributed by atoms with Crippen LogP contribution < -0.4 is 5.32 Å². The quantitative estimate of drug-likeness (QED) is 0.755. The molecule has 5 heteroatoms. The van der Waals surface area contributed by atoms with Crippen molar-refractivity contribution < 1.29 is 9.18 Å². The molecule has 0 radical (unpaired) electrons. The van der Waals surface area contributed by atoms with Gasteiger partial charge in [0.25, 0.3) is 5.91 Å². The van der Waals surface area contributed by atoms with Crippen molar-refractivity contribution in [3.05, 3.63) is 65.1 Å². The van der Waals surface area contributed by atoms with E-state index in [-0.39, 0.29) is 11.5 Å². The first-order chi connectivity index (χ1) is 10.6. The fourth-order valence-corrected chi connectivity index (χ4v) is 2.38. The Kier molecular flexibility index (Phi) is 3.36. The molecule has 0 aliphatic heterocycles. The molecule has 108 valence electrons. The van der Waals surface area contributed by atoms with Crippen LogP contribution in [-0.2, 0) is 0 Å². The number of rotatable bonds is 2. The molecule has 0 atom stereocenters. The van der Waals surface area contributed by atoms with E-state index in [1.54, 1.807) is 18.2 Å². The van der Waals surface area contributed by atoms with Gasteiger partial charge in [0.15, 0.2) is 0 Å².